The number of aromatic nitrogens is 1. The highest BCUT2D eigenvalue weighted by Crippen LogP contribution is 2.09. The van der Waals surface area contributed by atoms with E-state index >= 15 is 0 Å². The predicted octanol–water partition coefficient (Wildman–Crippen LogP) is 1.58. The highest BCUT2D eigenvalue weighted by molar-refractivity contribution is 5.91. The Balaban J connectivity index is 3.05. The van der Waals surface area contributed by atoms with E-state index in [-0.39, 0.29) is 23.7 Å². The van der Waals surface area contributed by atoms with Crippen molar-refractivity contribution < 1.29 is 9.52 Å². The second-order valence-corrected chi connectivity index (χ2v) is 4.31. The number of hydrogen-bond acceptors (Lipinski definition) is 2. The number of rotatable bonds is 3. The fourth-order valence-corrected chi connectivity index (χ4v) is 1.79. The number of carbonyl (C=O) groups excluding carboxylic acids is 1. The van der Waals surface area contributed by atoms with E-state index in [1.165, 1.54) is 6.20 Å². The summed E-state index contributed by atoms with van der Waals surface area (Å²) in [5, 5.41) is 11.5. The second-order valence-electron chi connectivity index (χ2n) is 4.31. The molecule has 0 bridgehead atoms. The largest absolute Gasteiger partial charge is 0.618 e. The van der Waals surface area contributed by atoms with E-state index in [1.807, 2.05) is 27.7 Å². The molecule has 0 saturated heterocycles. The molecule has 0 fully saturated rings. The highest BCUT2D eigenvalue weighted by Gasteiger charge is 2.26. The molecule has 0 aliphatic carbocycles. The van der Waals surface area contributed by atoms with Gasteiger partial charge in [0.15, 0.2) is 6.20 Å². The summed E-state index contributed by atoms with van der Waals surface area (Å²) in [7, 11) is 0. The smallest absolute Gasteiger partial charge is 0.320 e. The van der Waals surface area contributed by atoms with Crippen LogP contribution in [0.2, 0.25) is 0 Å². The van der Waals surface area contributed by atoms with Crippen molar-refractivity contribution in [2.45, 2.75) is 39.8 Å². The van der Waals surface area contributed by atoms with Gasteiger partial charge in [0, 0.05) is 24.2 Å². The van der Waals surface area contributed by atoms with E-state index in [1.54, 1.807) is 23.1 Å². The molecule has 88 valence electrons. The topological polar surface area (TPSA) is 47.2 Å². The first-order chi connectivity index (χ1) is 7.45. The third kappa shape index (κ3) is 2.51. The Morgan fingerprint density at radius 3 is 2.25 bits per heavy atom. The van der Waals surface area contributed by atoms with Gasteiger partial charge in [-0.05, 0) is 33.8 Å². The molecule has 1 aromatic heterocycles. The first kappa shape index (κ1) is 12.5. The van der Waals surface area contributed by atoms with Crippen LogP contribution in [0, 0.1) is 5.21 Å². The van der Waals surface area contributed by atoms with Crippen molar-refractivity contribution >= 4 is 5.91 Å². The zero-order valence-electron chi connectivity index (χ0n) is 10.2. The summed E-state index contributed by atoms with van der Waals surface area (Å²) < 4.78 is 0.611. The van der Waals surface area contributed by atoms with E-state index in [4.69, 9.17) is 0 Å². The monoisotopic (exact) mass is 222 g/mol. The first-order valence-electron chi connectivity index (χ1n) is 5.46. The number of pyridine rings is 1. The molecule has 4 nitrogen and oxygen atoms in total. The molecule has 1 heterocycles. The lowest BCUT2D eigenvalue weighted by molar-refractivity contribution is -0.608. The van der Waals surface area contributed by atoms with Gasteiger partial charge in [-0.15, -0.1) is 0 Å². The minimum atomic E-state index is -0.222. The molecule has 0 N–H and O–H groups in total. The van der Waals surface area contributed by atoms with E-state index in [9.17, 15) is 10.0 Å². The number of amides is 1. The van der Waals surface area contributed by atoms with Crippen molar-refractivity contribution in [3.63, 3.8) is 0 Å². The average Bonchev–Trinajstić information content (AvgIpc) is 2.16. The molecule has 1 rings (SSSR count). The summed E-state index contributed by atoms with van der Waals surface area (Å²) >= 11 is 0. The molecule has 0 spiro atoms. The van der Waals surface area contributed by atoms with Gasteiger partial charge in [0.1, 0.15) is 0 Å². The van der Waals surface area contributed by atoms with Gasteiger partial charge in [-0.2, -0.15) is 4.73 Å². The maximum Gasteiger partial charge on any atom is 0.320 e. The van der Waals surface area contributed by atoms with Gasteiger partial charge in [-0.1, -0.05) is 0 Å². The Labute approximate surface area is 96.1 Å². The van der Waals surface area contributed by atoms with Gasteiger partial charge in [0.2, 0.25) is 0 Å². The average molecular weight is 222 g/mol. The Morgan fingerprint density at radius 2 is 1.81 bits per heavy atom. The van der Waals surface area contributed by atoms with Gasteiger partial charge in [0.05, 0.1) is 0 Å². The molecule has 0 aliphatic rings. The third-order valence-corrected chi connectivity index (χ3v) is 2.39. The molecule has 16 heavy (non-hydrogen) atoms. The van der Waals surface area contributed by atoms with Crippen LogP contribution in [-0.4, -0.2) is 22.9 Å². The lowest BCUT2D eigenvalue weighted by atomic mass is 10.2. The van der Waals surface area contributed by atoms with E-state index in [2.05, 4.69) is 0 Å². The number of nitrogens with zero attached hydrogens (tertiary/aromatic N) is 2. The molecule has 0 aliphatic heterocycles. The Morgan fingerprint density at radius 1 is 1.25 bits per heavy atom. The Hall–Kier alpha value is -1.58. The van der Waals surface area contributed by atoms with E-state index in [0.29, 0.717) is 4.73 Å². The lowest BCUT2D eigenvalue weighted by Gasteiger charge is -2.29. The lowest BCUT2D eigenvalue weighted by Crippen LogP contribution is -2.47. The van der Waals surface area contributed by atoms with Crippen LogP contribution >= 0.6 is 0 Å². The van der Waals surface area contributed by atoms with Gasteiger partial charge in [-0.25, -0.2) is 0 Å². The van der Waals surface area contributed by atoms with Crippen molar-refractivity contribution in [1.82, 2.24) is 4.90 Å². The molecule has 0 radical (unpaired) electrons. The summed E-state index contributed by atoms with van der Waals surface area (Å²) in [4.78, 5) is 13.9. The van der Waals surface area contributed by atoms with Crippen LogP contribution in [0.5, 0.6) is 0 Å². The summed E-state index contributed by atoms with van der Waals surface area (Å²) in [5.74, 6) is -0.222. The molecular weight excluding hydrogens is 204 g/mol. The van der Waals surface area contributed by atoms with Crippen LogP contribution in [0.3, 0.4) is 0 Å². The molecule has 0 atom stereocenters. The van der Waals surface area contributed by atoms with Crippen molar-refractivity contribution in [1.29, 1.82) is 0 Å². The summed E-state index contributed by atoms with van der Waals surface area (Å²) in [6, 6.07) is 5.01. The Bertz CT molecular complexity index is 367. The fourth-order valence-electron chi connectivity index (χ4n) is 1.79. The van der Waals surface area contributed by atoms with Crippen LogP contribution in [0.15, 0.2) is 24.4 Å². The van der Waals surface area contributed by atoms with Crippen molar-refractivity contribution in [3.05, 3.63) is 35.3 Å². The van der Waals surface area contributed by atoms with Gasteiger partial charge in [0.25, 0.3) is 5.69 Å². The van der Waals surface area contributed by atoms with Crippen molar-refractivity contribution in [2.75, 3.05) is 0 Å². The van der Waals surface area contributed by atoms with Crippen molar-refractivity contribution in [3.8, 4) is 0 Å². The summed E-state index contributed by atoms with van der Waals surface area (Å²) in [6.07, 6.45) is 1.34. The molecule has 1 aromatic rings. The Kier molecular flexibility index (Phi) is 3.88. The third-order valence-electron chi connectivity index (χ3n) is 2.39. The van der Waals surface area contributed by atoms with Crippen LogP contribution in [0.4, 0.5) is 0 Å². The fraction of sp³-hybridized carbons (Fsp3) is 0.500. The summed E-state index contributed by atoms with van der Waals surface area (Å²) in [6.45, 7) is 7.76. The quantitative estimate of drug-likeness (QED) is 0.576. The van der Waals surface area contributed by atoms with Crippen LogP contribution < -0.4 is 4.73 Å². The second kappa shape index (κ2) is 4.96. The number of hydrogen-bond donors (Lipinski definition) is 0. The van der Waals surface area contributed by atoms with Crippen LogP contribution in [0.25, 0.3) is 0 Å². The van der Waals surface area contributed by atoms with Gasteiger partial charge < -0.3 is 10.1 Å². The molecule has 0 aromatic carbocycles. The zero-order valence-corrected chi connectivity index (χ0v) is 10.2. The van der Waals surface area contributed by atoms with E-state index < -0.39 is 0 Å². The zero-order chi connectivity index (χ0) is 12.3. The molecule has 0 unspecified atom stereocenters. The predicted molar refractivity (Wildman–Crippen MR) is 61.8 cm³/mol. The van der Waals surface area contributed by atoms with Crippen LogP contribution in [-0.2, 0) is 0 Å². The SMILES string of the molecule is CC(C)N(C(=O)c1cccc[n+]1[O-])C(C)C. The van der Waals surface area contributed by atoms with Crippen LogP contribution in [0.1, 0.15) is 38.2 Å². The van der Waals surface area contributed by atoms with Gasteiger partial charge >= 0.3 is 5.91 Å². The van der Waals surface area contributed by atoms with E-state index in [0.717, 1.165) is 0 Å². The molecule has 0 saturated carbocycles. The minimum Gasteiger partial charge on any atom is -0.618 e. The highest BCUT2D eigenvalue weighted by atomic mass is 16.5. The van der Waals surface area contributed by atoms with Crippen molar-refractivity contribution in [2.24, 2.45) is 0 Å². The maximum absolute atomic E-state index is 12.2. The molecule has 4 heteroatoms. The number of carbonyl (C=O) groups is 1. The maximum atomic E-state index is 12.2. The standard InChI is InChI=1S/C12H18N2O2/c1-9(2)14(10(3)4)12(15)11-7-5-6-8-13(11)16/h5-10H,1-4H3. The van der Waals surface area contributed by atoms with Gasteiger partial charge in [-0.3, -0.25) is 4.79 Å². The first-order valence-corrected chi connectivity index (χ1v) is 5.46. The minimum absolute atomic E-state index is 0.0766. The molecular formula is C12H18N2O2. The molecule has 1 amide bonds. The summed E-state index contributed by atoms with van der Waals surface area (Å²) in [5.41, 5.74) is 0.171. The normalized spacial score (nSPS) is 10.9.